The van der Waals surface area contributed by atoms with Crippen molar-refractivity contribution in [2.24, 2.45) is 0 Å². The number of halogens is 2. The Balaban J connectivity index is 2.34. The maximum absolute atomic E-state index is 12.7. The SMILES string of the molecule is Cc1cnc(B2OC(C)(C)C(C)(C)O2)c(CC(F)F)c1. The van der Waals surface area contributed by atoms with Gasteiger partial charge in [-0.1, -0.05) is 6.07 Å². The highest BCUT2D eigenvalue weighted by Gasteiger charge is 2.52. The second-order valence-corrected chi connectivity index (χ2v) is 6.24. The van der Waals surface area contributed by atoms with Gasteiger partial charge in [-0.25, -0.2) is 8.78 Å². The van der Waals surface area contributed by atoms with E-state index in [1.165, 1.54) is 0 Å². The Kier molecular flexibility index (Phi) is 3.91. The average Bonchev–Trinajstić information content (AvgIpc) is 2.46. The number of hydrogen-bond donors (Lipinski definition) is 0. The summed E-state index contributed by atoms with van der Waals surface area (Å²) < 4.78 is 37.2. The molecule has 2 heterocycles. The molecule has 1 aliphatic heterocycles. The van der Waals surface area contributed by atoms with Crippen molar-refractivity contribution in [3.8, 4) is 0 Å². The van der Waals surface area contributed by atoms with Crippen molar-refractivity contribution in [1.82, 2.24) is 4.98 Å². The zero-order valence-corrected chi connectivity index (χ0v) is 12.5. The molecule has 0 N–H and O–H groups in total. The van der Waals surface area contributed by atoms with Crippen LogP contribution < -0.4 is 5.59 Å². The average molecular weight is 283 g/mol. The number of hydrogen-bond acceptors (Lipinski definition) is 3. The summed E-state index contributed by atoms with van der Waals surface area (Å²) in [5.74, 6) is 0. The van der Waals surface area contributed by atoms with Crippen molar-refractivity contribution in [3.63, 3.8) is 0 Å². The highest BCUT2D eigenvalue weighted by Crippen LogP contribution is 2.36. The van der Waals surface area contributed by atoms with Crippen LogP contribution in [0.15, 0.2) is 12.3 Å². The molecule has 0 atom stereocenters. The zero-order chi connectivity index (χ0) is 15.1. The monoisotopic (exact) mass is 283 g/mol. The number of rotatable bonds is 3. The molecule has 1 aromatic rings. The van der Waals surface area contributed by atoms with E-state index in [-0.39, 0.29) is 6.42 Å². The van der Waals surface area contributed by atoms with Gasteiger partial charge in [0.1, 0.15) is 0 Å². The first-order chi connectivity index (χ1) is 9.12. The van der Waals surface area contributed by atoms with E-state index in [9.17, 15) is 8.78 Å². The van der Waals surface area contributed by atoms with Crippen LogP contribution in [0.4, 0.5) is 8.78 Å². The topological polar surface area (TPSA) is 31.4 Å². The van der Waals surface area contributed by atoms with E-state index in [1.54, 1.807) is 12.3 Å². The Bertz CT molecular complexity index is 490. The molecular weight excluding hydrogens is 263 g/mol. The first kappa shape index (κ1) is 15.4. The van der Waals surface area contributed by atoms with Gasteiger partial charge in [0.2, 0.25) is 6.43 Å². The minimum absolute atomic E-state index is 0.339. The van der Waals surface area contributed by atoms with Crippen molar-refractivity contribution in [3.05, 3.63) is 23.4 Å². The van der Waals surface area contributed by atoms with Crippen molar-refractivity contribution in [2.75, 3.05) is 0 Å². The van der Waals surface area contributed by atoms with E-state index in [1.807, 2.05) is 34.6 Å². The molecule has 6 heteroatoms. The lowest BCUT2D eigenvalue weighted by Gasteiger charge is -2.32. The molecule has 0 aliphatic carbocycles. The minimum atomic E-state index is -2.42. The molecule has 0 unspecified atom stereocenters. The summed E-state index contributed by atoms with van der Waals surface area (Å²) in [6, 6.07) is 1.72. The summed E-state index contributed by atoms with van der Waals surface area (Å²) in [5.41, 5.74) is 0.771. The Hall–Kier alpha value is -1.01. The van der Waals surface area contributed by atoms with Crippen LogP contribution in [0.2, 0.25) is 0 Å². The van der Waals surface area contributed by atoms with Crippen LogP contribution in [0, 0.1) is 6.92 Å². The van der Waals surface area contributed by atoms with E-state index in [0.29, 0.717) is 11.2 Å². The summed E-state index contributed by atoms with van der Waals surface area (Å²) in [4.78, 5) is 4.26. The van der Waals surface area contributed by atoms with E-state index in [2.05, 4.69) is 4.98 Å². The first-order valence-electron chi connectivity index (χ1n) is 6.71. The predicted molar refractivity (Wildman–Crippen MR) is 74.4 cm³/mol. The van der Waals surface area contributed by atoms with Crippen LogP contribution in [0.25, 0.3) is 0 Å². The molecule has 1 fully saturated rings. The van der Waals surface area contributed by atoms with Gasteiger partial charge in [-0.3, -0.25) is 4.98 Å². The van der Waals surface area contributed by atoms with Crippen LogP contribution in [0.5, 0.6) is 0 Å². The van der Waals surface area contributed by atoms with Crippen LogP contribution in [0.1, 0.15) is 38.8 Å². The quantitative estimate of drug-likeness (QED) is 0.799. The zero-order valence-electron chi connectivity index (χ0n) is 12.5. The molecule has 0 radical (unpaired) electrons. The van der Waals surface area contributed by atoms with Gasteiger partial charge < -0.3 is 9.31 Å². The van der Waals surface area contributed by atoms with E-state index < -0.39 is 24.7 Å². The number of aromatic nitrogens is 1. The second kappa shape index (κ2) is 5.08. The summed E-state index contributed by atoms with van der Waals surface area (Å²) >= 11 is 0. The fraction of sp³-hybridized carbons (Fsp3) is 0.643. The molecule has 1 saturated heterocycles. The molecule has 110 valence electrons. The summed E-state index contributed by atoms with van der Waals surface area (Å²) in [5, 5.41) is 0. The fourth-order valence-electron chi connectivity index (χ4n) is 2.14. The van der Waals surface area contributed by atoms with Crippen LogP contribution in [-0.2, 0) is 15.7 Å². The largest absolute Gasteiger partial charge is 0.514 e. The lowest BCUT2D eigenvalue weighted by Crippen LogP contribution is -2.41. The molecule has 20 heavy (non-hydrogen) atoms. The molecular formula is C14H20BF2NO2. The molecule has 3 nitrogen and oxygen atoms in total. The summed E-state index contributed by atoms with van der Waals surface area (Å²) in [6.45, 7) is 9.53. The molecule has 2 rings (SSSR count). The third-order valence-electron chi connectivity index (χ3n) is 3.99. The van der Waals surface area contributed by atoms with Crippen LogP contribution in [0.3, 0.4) is 0 Å². The smallest absolute Gasteiger partial charge is 0.398 e. The van der Waals surface area contributed by atoms with Crippen molar-refractivity contribution in [1.29, 1.82) is 0 Å². The molecule has 0 amide bonds. The maximum atomic E-state index is 12.7. The Morgan fingerprint density at radius 3 is 2.25 bits per heavy atom. The molecule has 0 bridgehead atoms. The number of pyridine rings is 1. The van der Waals surface area contributed by atoms with Gasteiger partial charge in [-0.15, -0.1) is 0 Å². The molecule has 0 spiro atoms. The second-order valence-electron chi connectivity index (χ2n) is 6.24. The highest BCUT2D eigenvalue weighted by molar-refractivity contribution is 6.61. The third kappa shape index (κ3) is 2.86. The predicted octanol–water partition coefficient (Wildman–Crippen LogP) is 2.50. The van der Waals surface area contributed by atoms with Gasteiger partial charge in [0.25, 0.3) is 0 Å². The third-order valence-corrected chi connectivity index (χ3v) is 3.99. The van der Waals surface area contributed by atoms with Gasteiger partial charge >= 0.3 is 7.12 Å². The van der Waals surface area contributed by atoms with E-state index in [4.69, 9.17) is 9.31 Å². The lowest BCUT2D eigenvalue weighted by atomic mass is 9.80. The number of alkyl halides is 2. The molecule has 0 saturated carbocycles. The van der Waals surface area contributed by atoms with Gasteiger partial charge in [-0.2, -0.15) is 0 Å². The summed E-state index contributed by atoms with van der Waals surface area (Å²) in [6.07, 6.45) is -1.11. The Morgan fingerprint density at radius 1 is 1.20 bits per heavy atom. The Morgan fingerprint density at radius 2 is 1.75 bits per heavy atom. The molecule has 0 aromatic carbocycles. The molecule has 1 aliphatic rings. The van der Waals surface area contributed by atoms with Crippen molar-refractivity contribution >= 4 is 12.7 Å². The normalized spacial score (nSPS) is 20.7. The lowest BCUT2D eigenvalue weighted by molar-refractivity contribution is 0.00578. The van der Waals surface area contributed by atoms with Gasteiger partial charge in [0.05, 0.1) is 16.8 Å². The van der Waals surface area contributed by atoms with Crippen LogP contribution in [-0.4, -0.2) is 29.7 Å². The first-order valence-corrected chi connectivity index (χ1v) is 6.71. The fourth-order valence-corrected chi connectivity index (χ4v) is 2.14. The highest BCUT2D eigenvalue weighted by atomic mass is 19.3. The Labute approximate surface area is 118 Å². The van der Waals surface area contributed by atoms with E-state index in [0.717, 1.165) is 5.56 Å². The van der Waals surface area contributed by atoms with Gasteiger partial charge in [0.15, 0.2) is 0 Å². The van der Waals surface area contributed by atoms with Crippen molar-refractivity contribution in [2.45, 2.75) is 58.7 Å². The van der Waals surface area contributed by atoms with Gasteiger partial charge in [0, 0.05) is 12.6 Å². The number of nitrogens with zero attached hydrogens (tertiary/aromatic N) is 1. The van der Waals surface area contributed by atoms with Crippen LogP contribution >= 0.6 is 0 Å². The maximum Gasteiger partial charge on any atom is 0.514 e. The molecule has 1 aromatic heterocycles. The van der Waals surface area contributed by atoms with Crippen molar-refractivity contribution < 1.29 is 18.1 Å². The number of aryl methyl sites for hydroxylation is 1. The van der Waals surface area contributed by atoms with Gasteiger partial charge in [-0.05, 0) is 45.7 Å². The standard InChI is InChI=1S/C14H20BF2NO2/c1-9-6-10(7-11(16)17)12(18-8-9)15-19-13(2,3)14(4,5)20-15/h6,8,11H,7H2,1-5H3. The minimum Gasteiger partial charge on any atom is -0.398 e. The summed E-state index contributed by atoms with van der Waals surface area (Å²) in [7, 11) is -0.700. The van der Waals surface area contributed by atoms with E-state index >= 15 is 0 Å².